The van der Waals surface area contributed by atoms with E-state index in [4.69, 9.17) is 10.5 Å². The van der Waals surface area contributed by atoms with Crippen LogP contribution >= 0.6 is 0 Å². The molecule has 5 rings (SSSR count). The first-order valence-electron chi connectivity index (χ1n) is 14.2. The molecule has 0 atom stereocenters. The molecule has 202 valence electrons. The molecule has 0 saturated heterocycles. The molecule has 4 N–H and O–H groups in total. The number of fused-ring (bicyclic) bond motifs is 3. The van der Waals surface area contributed by atoms with Crippen LogP contribution in [0.4, 0.5) is 0 Å². The highest BCUT2D eigenvalue weighted by molar-refractivity contribution is 5.86. The minimum Gasteiger partial charge on any atom is -0.494 e. The quantitative estimate of drug-likeness (QED) is 0.166. The van der Waals surface area contributed by atoms with Crippen molar-refractivity contribution in [1.29, 1.82) is 0 Å². The van der Waals surface area contributed by atoms with Gasteiger partial charge in [0.25, 0.3) is 0 Å². The third-order valence-electron chi connectivity index (χ3n) is 8.05. The predicted octanol–water partition coefficient (Wildman–Crippen LogP) is 6.95. The smallest absolute Gasteiger partial charge is 0.119 e. The van der Waals surface area contributed by atoms with Crippen LogP contribution in [0.2, 0.25) is 0 Å². The summed E-state index contributed by atoms with van der Waals surface area (Å²) in [5.74, 6) is 0.873. The van der Waals surface area contributed by atoms with E-state index >= 15 is 0 Å². The van der Waals surface area contributed by atoms with Crippen molar-refractivity contribution >= 4 is 0 Å². The lowest BCUT2D eigenvalue weighted by Crippen LogP contribution is -2.26. The highest BCUT2D eigenvalue weighted by Crippen LogP contribution is 2.55. The molecule has 0 radical (unpaired) electrons. The van der Waals surface area contributed by atoms with Crippen molar-refractivity contribution < 1.29 is 14.9 Å². The molecule has 0 heterocycles. The van der Waals surface area contributed by atoms with Gasteiger partial charge in [-0.15, -0.1) is 0 Å². The lowest BCUT2D eigenvalue weighted by atomic mass is 9.70. The van der Waals surface area contributed by atoms with E-state index in [2.05, 4.69) is 72.8 Å². The zero-order valence-electron chi connectivity index (χ0n) is 22.6. The molecular formula is C35H39NO3. The Hall–Kier alpha value is -3.44. The predicted molar refractivity (Wildman–Crippen MR) is 160 cm³/mol. The second kappa shape index (κ2) is 12.6. The molecule has 0 fully saturated rings. The number of aliphatic hydroxyl groups excluding tert-OH is 2. The second-order valence-electron chi connectivity index (χ2n) is 10.5. The van der Waals surface area contributed by atoms with Crippen LogP contribution in [-0.2, 0) is 5.41 Å². The number of aliphatic hydroxyl groups is 2. The van der Waals surface area contributed by atoms with Gasteiger partial charge >= 0.3 is 0 Å². The van der Waals surface area contributed by atoms with Gasteiger partial charge in [-0.1, -0.05) is 66.7 Å². The average molecular weight is 522 g/mol. The van der Waals surface area contributed by atoms with Crippen molar-refractivity contribution in [2.45, 2.75) is 43.9 Å². The SMILES string of the molecule is NCCCCOc1ccc(-c2ccc3c(c2)C(CCCO)(CCCO)c2cc(-c4ccccc4)ccc2-3)cc1. The van der Waals surface area contributed by atoms with Gasteiger partial charge < -0.3 is 20.7 Å². The third-order valence-corrected chi connectivity index (χ3v) is 8.05. The fraction of sp³-hybridized carbons (Fsp3) is 0.314. The molecule has 0 spiro atoms. The Balaban J connectivity index is 1.55. The van der Waals surface area contributed by atoms with E-state index < -0.39 is 0 Å². The summed E-state index contributed by atoms with van der Waals surface area (Å²) < 4.78 is 5.88. The monoisotopic (exact) mass is 521 g/mol. The van der Waals surface area contributed by atoms with Gasteiger partial charge in [-0.3, -0.25) is 0 Å². The summed E-state index contributed by atoms with van der Waals surface area (Å²) in [5.41, 5.74) is 15.1. The minimum atomic E-state index is -0.261. The summed E-state index contributed by atoms with van der Waals surface area (Å²) in [5, 5.41) is 19.8. The Morgan fingerprint density at radius 3 is 1.67 bits per heavy atom. The Morgan fingerprint density at radius 1 is 0.590 bits per heavy atom. The van der Waals surface area contributed by atoms with Crippen molar-refractivity contribution in [1.82, 2.24) is 0 Å². The van der Waals surface area contributed by atoms with E-state index in [1.807, 2.05) is 18.2 Å². The summed E-state index contributed by atoms with van der Waals surface area (Å²) >= 11 is 0. The number of hydrogen-bond donors (Lipinski definition) is 3. The summed E-state index contributed by atoms with van der Waals surface area (Å²) in [6.45, 7) is 1.67. The Kier molecular flexibility index (Phi) is 8.77. The van der Waals surface area contributed by atoms with Gasteiger partial charge in [-0.25, -0.2) is 0 Å². The topological polar surface area (TPSA) is 75.7 Å². The molecule has 4 aromatic carbocycles. The summed E-state index contributed by atoms with van der Waals surface area (Å²) in [6, 6.07) is 32.4. The van der Waals surface area contributed by atoms with Crippen LogP contribution in [0.25, 0.3) is 33.4 Å². The van der Waals surface area contributed by atoms with Crippen molar-refractivity contribution in [2.75, 3.05) is 26.4 Å². The standard InChI is InChI=1S/C35H39NO3/c36-20-4-5-23-39-30-14-10-27(11-15-30)29-13-17-32-31-16-12-28(26-8-2-1-3-9-26)24-33(31)35(18-6-21-37,19-7-22-38)34(32)25-29/h1-3,8-17,24-25,37-38H,4-7,18-23,36H2. The first kappa shape index (κ1) is 27.1. The van der Waals surface area contributed by atoms with Crippen molar-refractivity contribution in [3.8, 4) is 39.1 Å². The molecule has 4 aromatic rings. The molecule has 4 heteroatoms. The fourth-order valence-electron chi connectivity index (χ4n) is 6.09. The first-order chi connectivity index (χ1) is 19.2. The van der Waals surface area contributed by atoms with Crippen LogP contribution in [0.3, 0.4) is 0 Å². The first-order valence-corrected chi connectivity index (χ1v) is 14.2. The summed E-state index contributed by atoms with van der Waals surface area (Å²) in [7, 11) is 0. The minimum absolute atomic E-state index is 0.149. The molecule has 0 aliphatic heterocycles. The van der Waals surface area contributed by atoms with Gasteiger partial charge in [0, 0.05) is 18.6 Å². The maximum atomic E-state index is 9.88. The fourth-order valence-corrected chi connectivity index (χ4v) is 6.09. The van der Waals surface area contributed by atoms with Crippen LogP contribution in [0, 0.1) is 0 Å². The zero-order chi connectivity index (χ0) is 27.1. The van der Waals surface area contributed by atoms with Crippen LogP contribution < -0.4 is 10.5 Å². The number of unbranched alkanes of at least 4 members (excludes halogenated alkanes) is 1. The molecule has 0 unspecified atom stereocenters. The molecule has 0 aromatic heterocycles. The van der Waals surface area contributed by atoms with Gasteiger partial charge in [0.15, 0.2) is 0 Å². The van der Waals surface area contributed by atoms with E-state index in [9.17, 15) is 10.2 Å². The summed E-state index contributed by atoms with van der Waals surface area (Å²) in [6.07, 6.45) is 5.01. The van der Waals surface area contributed by atoms with Crippen molar-refractivity contribution in [3.05, 3.63) is 102 Å². The second-order valence-corrected chi connectivity index (χ2v) is 10.5. The Labute approximate surface area is 232 Å². The molecular weight excluding hydrogens is 482 g/mol. The molecule has 0 saturated carbocycles. The number of benzene rings is 4. The molecule has 4 nitrogen and oxygen atoms in total. The molecule has 1 aliphatic rings. The number of hydrogen-bond acceptors (Lipinski definition) is 4. The van der Waals surface area contributed by atoms with E-state index in [-0.39, 0.29) is 18.6 Å². The van der Waals surface area contributed by atoms with Gasteiger partial charge in [-0.05, 0) is 114 Å². The van der Waals surface area contributed by atoms with Crippen LogP contribution in [0.5, 0.6) is 5.75 Å². The highest BCUT2D eigenvalue weighted by atomic mass is 16.5. The zero-order valence-corrected chi connectivity index (χ0v) is 22.6. The lowest BCUT2D eigenvalue weighted by molar-refractivity contribution is 0.247. The van der Waals surface area contributed by atoms with E-state index in [0.717, 1.165) is 42.6 Å². The van der Waals surface area contributed by atoms with Crippen LogP contribution in [0.1, 0.15) is 49.7 Å². The largest absolute Gasteiger partial charge is 0.494 e. The van der Waals surface area contributed by atoms with E-state index in [1.165, 1.54) is 33.4 Å². The normalized spacial score (nSPS) is 13.2. The maximum Gasteiger partial charge on any atom is 0.119 e. The lowest BCUT2D eigenvalue weighted by Gasteiger charge is -2.33. The van der Waals surface area contributed by atoms with Crippen molar-refractivity contribution in [3.63, 3.8) is 0 Å². The Morgan fingerprint density at radius 2 is 1.13 bits per heavy atom. The maximum absolute atomic E-state index is 9.88. The average Bonchev–Trinajstić information content (AvgIpc) is 3.26. The molecule has 1 aliphatic carbocycles. The van der Waals surface area contributed by atoms with Gasteiger partial charge in [-0.2, -0.15) is 0 Å². The Bertz CT molecular complexity index is 1360. The van der Waals surface area contributed by atoms with Crippen LogP contribution in [-0.4, -0.2) is 36.6 Å². The van der Waals surface area contributed by atoms with Crippen LogP contribution in [0.15, 0.2) is 91.0 Å². The van der Waals surface area contributed by atoms with Gasteiger partial charge in [0.1, 0.15) is 5.75 Å². The van der Waals surface area contributed by atoms with Crippen molar-refractivity contribution in [2.24, 2.45) is 5.73 Å². The van der Waals surface area contributed by atoms with E-state index in [1.54, 1.807) is 0 Å². The molecule has 0 amide bonds. The summed E-state index contributed by atoms with van der Waals surface area (Å²) in [4.78, 5) is 0. The van der Waals surface area contributed by atoms with E-state index in [0.29, 0.717) is 26.0 Å². The number of rotatable bonds is 13. The number of nitrogens with two attached hydrogens (primary N) is 1. The third kappa shape index (κ3) is 5.65. The van der Waals surface area contributed by atoms with Gasteiger partial charge in [0.2, 0.25) is 0 Å². The van der Waals surface area contributed by atoms with Gasteiger partial charge in [0.05, 0.1) is 6.61 Å². The number of ether oxygens (including phenoxy) is 1. The molecule has 39 heavy (non-hydrogen) atoms. The highest BCUT2D eigenvalue weighted by Gasteiger charge is 2.42. The molecule has 0 bridgehead atoms.